The fourth-order valence-electron chi connectivity index (χ4n) is 3.25. The summed E-state index contributed by atoms with van der Waals surface area (Å²) in [4.78, 5) is 24.7. The molecule has 1 heterocycles. The molecule has 0 aliphatic carbocycles. The highest BCUT2D eigenvalue weighted by atomic mass is 16.5. The third-order valence-electron chi connectivity index (χ3n) is 5.03. The molecule has 8 nitrogen and oxygen atoms in total. The number of aromatic nitrogens is 1. The van der Waals surface area contributed by atoms with Crippen LogP contribution in [0.25, 0.3) is 0 Å². The number of benzene rings is 2. The zero-order valence-electron chi connectivity index (χ0n) is 19.2. The molecule has 0 bridgehead atoms. The molecule has 1 amide bonds. The first-order valence-electron chi connectivity index (χ1n) is 10.5. The Labute approximate surface area is 192 Å². The number of methoxy groups -OCH3 is 2. The van der Waals surface area contributed by atoms with E-state index in [-0.39, 0.29) is 17.8 Å². The molecule has 2 aromatic carbocycles. The van der Waals surface area contributed by atoms with Crippen LogP contribution in [0.4, 0.5) is 5.69 Å². The number of nitrogens with one attached hydrogen (secondary N) is 1. The minimum atomic E-state index is -0.393. The quantitative estimate of drug-likeness (QED) is 0.506. The van der Waals surface area contributed by atoms with Crippen molar-refractivity contribution in [1.82, 2.24) is 4.57 Å². The molecule has 0 fully saturated rings. The molecule has 174 valence electrons. The molecule has 0 radical (unpaired) electrons. The summed E-state index contributed by atoms with van der Waals surface area (Å²) in [5.41, 5.74) is 1.84. The summed E-state index contributed by atoms with van der Waals surface area (Å²) in [5.74, 6) is 1.76. The Morgan fingerprint density at radius 2 is 1.67 bits per heavy atom. The summed E-state index contributed by atoms with van der Waals surface area (Å²) in [5, 5.41) is 2.76. The molecular formula is C25H28N2O6. The summed E-state index contributed by atoms with van der Waals surface area (Å²) < 4.78 is 23.6. The van der Waals surface area contributed by atoms with Crippen LogP contribution in [0.15, 0.2) is 59.5 Å². The van der Waals surface area contributed by atoms with Crippen LogP contribution in [0.1, 0.15) is 11.3 Å². The van der Waals surface area contributed by atoms with Crippen molar-refractivity contribution in [2.24, 2.45) is 0 Å². The second-order valence-electron chi connectivity index (χ2n) is 7.35. The zero-order chi connectivity index (χ0) is 23.8. The van der Waals surface area contributed by atoms with Gasteiger partial charge >= 0.3 is 0 Å². The van der Waals surface area contributed by atoms with Gasteiger partial charge in [-0.1, -0.05) is 6.07 Å². The van der Waals surface area contributed by atoms with Gasteiger partial charge in [0.15, 0.2) is 12.4 Å². The molecule has 0 saturated carbocycles. The van der Waals surface area contributed by atoms with Gasteiger partial charge in [-0.15, -0.1) is 0 Å². The zero-order valence-corrected chi connectivity index (χ0v) is 19.2. The minimum absolute atomic E-state index is 0.133. The van der Waals surface area contributed by atoms with Gasteiger partial charge in [-0.3, -0.25) is 9.59 Å². The van der Waals surface area contributed by atoms with Crippen molar-refractivity contribution in [2.75, 3.05) is 32.8 Å². The van der Waals surface area contributed by atoms with Crippen LogP contribution < -0.4 is 29.7 Å². The number of carbonyl (C=O) groups excluding carboxylic acids is 1. The maximum atomic E-state index is 12.4. The number of amides is 1. The van der Waals surface area contributed by atoms with Crippen LogP contribution in [0.3, 0.4) is 0 Å². The average molecular weight is 453 g/mol. The summed E-state index contributed by atoms with van der Waals surface area (Å²) in [6.07, 6.45) is 1.68. The van der Waals surface area contributed by atoms with Crippen LogP contribution in [-0.2, 0) is 11.3 Å². The van der Waals surface area contributed by atoms with E-state index in [2.05, 4.69) is 5.32 Å². The third-order valence-corrected chi connectivity index (χ3v) is 5.03. The van der Waals surface area contributed by atoms with Crippen molar-refractivity contribution in [3.05, 3.63) is 76.2 Å². The summed E-state index contributed by atoms with van der Waals surface area (Å²) in [7, 11) is 3.14. The first-order valence-corrected chi connectivity index (χ1v) is 10.5. The van der Waals surface area contributed by atoms with E-state index in [0.717, 1.165) is 11.3 Å². The SMILES string of the molecule is COc1ccc(OCCn2ccc(=O)c(OCC(=O)Nc3cc(C)ccc3OC)c2C)cc1. The maximum absolute atomic E-state index is 12.4. The van der Waals surface area contributed by atoms with Crippen molar-refractivity contribution >= 4 is 11.6 Å². The standard InChI is InChI=1S/C25H28N2O6/c1-17-5-10-23(31-4)21(15-17)26-24(29)16-33-25-18(2)27(12-11-22(25)28)13-14-32-20-8-6-19(30-3)7-9-20/h5-12,15H,13-14,16H2,1-4H3,(H,26,29). The molecule has 3 rings (SSSR count). The Morgan fingerprint density at radius 3 is 2.36 bits per heavy atom. The first-order chi connectivity index (χ1) is 15.9. The normalized spacial score (nSPS) is 10.4. The van der Waals surface area contributed by atoms with Gasteiger partial charge in [0.1, 0.15) is 23.9 Å². The molecule has 33 heavy (non-hydrogen) atoms. The number of hydrogen-bond acceptors (Lipinski definition) is 6. The van der Waals surface area contributed by atoms with E-state index in [4.69, 9.17) is 18.9 Å². The van der Waals surface area contributed by atoms with Gasteiger partial charge in [0, 0.05) is 12.3 Å². The summed E-state index contributed by atoms with van der Waals surface area (Å²) in [6.45, 7) is 4.27. The molecule has 0 unspecified atom stereocenters. The molecule has 0 saturated heterocycles. The summed E-state index contributed by atoms with van der Waals surface area (Å²) >= 11 is 0. The lowest BCUT2D eigenvalue weighted by Crippen LogP contribution is -2.24. The van der Waals surface area contributed by atoms with Gasteiger partial charge in [-0.05, 0) is 55.8 Å². The lowest BCUT2D eigenvalue weighted by Gasteiger charge is -2.16. The number of pyridine rings is 1. The van der Waals surface area contributed by atoms with Gasteiger partial charge < -0.3 is 28.8 Å². The largest absolute Gasteiger partial charge is 0.497 e. The number of nitrogens with zero attached hydrogens (tertiary/aromatic N) is 1. The smallest absolute Gasteiger partial charge is 0.262 e. The Bertz CT molecular complexity index is 1150. The van der Waals surface area contributed by atoms with Crippen molar-refractivity contribution in [1.29, 1.82) is 0 Å². The Hall–Kier alpha value is -3.94. The predicted molar refractivity (Wildman–Crippen MR) is 126 cm³/mol. The number of anilines is 1. The fourth-order valence-corrected chi connectivity index (χ4v) is 3.25. The number of rotatable bonds is 10. The Kier molecular flexibility index (Phi) is 7.96. The van der Waals surface area contributed by atoms with Gasteiger partial charge in [0.25, 0.3) is 5.91 Å². The van der Waals surface area contributed by atoms with Crippen LogP contribution >= 0.6 is 0 Å². The van der Waals surface area contributed by atoms with Crippen molar-refractivity contribution in [3.8, 4) is 23.0 Å². The van der Waals surface area contributed by atoms with E-state index >= 15 is 0 Å². The molecule has 8 heteroatoms. The second kappa shape index (κ2) is 11.1. The highest BCUT2D eigenvalue weighted by Gasteiger charge is 2.13. The van der Waals surface area contributed by atoms with Crippen molar-refractivity contribution < 1.29 is 23.7 Å². The number of hydrogen-bond donors (Lipinski definition) is 1. The molecule has 0 aliphatic rings. The highest BCUT2D eigenvalue weighted by Crippen LogP contribution is 2.25. The third kappa shape index (κ3) is 6.29. The van der Waals surface area contributed by atoms with Crippen molar-refractivity contribution in [2.45, 2.75) is 20.4 Å². The molecule has 3 aromatic rings. The van der Waals surface area contributed by atoms with Crippen LogP contribution in [0.2, 0.25) is 0 Å². The van der Waals surface area contributed by atoms with Crippen molar-refractivity contribution in [3.63, 3.8) is 0 Å². The second-order valence-corrected chi connectivity index (χ2v) is 7.35. The maximum Gasteiger partial charge on any atom is 0.262 e. The fraction of sp³-hybridized carbons (Fsp3) is 0.280. The van der Waals surface area contributed by atoms with Gasteiger partial charge in [-0.25, -0.2) is 0 Å². The van der Waals surface area contributed by atoms with Gasteiger partial charge in [-0.2, -0.15) is 0 Å². The number of aryl methyl sites for hydroxylation is 1. The van der Waals surface area contributed by atoms with Gasteiger partial charge in [0.05, 0.1) is 32.1 Å². The minimum Gasteiger partial charge on any atom is -0.497 e. The topological polar surface area (TPSA) is 88.0 Å². The van der Waals surface area contributed by atoms with E-state index in [0.29, 0.717) is 36.0 Å². The molecule has 0 spiro atoms. The van der Waals surface area contributed by atoms with E-state index in [1.807, 2.05) is 41.8 Å². The lowest BCUT2D eigenvalue weighted by atomic mass is 10.2. The van der Waals surface area contributed by atoms with Gasteiger partial charge in [0.2, 0.25) is 5.43 Å². The monoisotopic (exact) mass is 452 g/mol. The van der Waals surface area contributed by atoms with E-state index < -0.39 is 5.91 Å². The van der Waals surface area contributed by atoms with E-state index in [1.54, 1.807) is 32.4 Å². The highest BCUT2D eigenvalue weighted by molar-refractivity contribution is 5.93. The molecule has 1 N–H and O–H groups in total. The Morgan fingerprint density at radius 1 is 0.939 bits per heavy atom. The number of carbonyl (C=O) groups is 1. The van der Waals surface area contributed by atoms with Crippen LogP contribution in [-0.4, -0.2) is 37.9 Å². The summed E-state index contributed by atoms with van der Waals surface area (Å²) in [6, 6.07) is 14.2. The van der Waals surface area contributed by atoms with Crippen LogP contribution in [0.5, 0.6) is 23.0 Å². The molecular weight excluding hydrogens is 424 g/mol. The van der Waals surface area contributed by atoms with E-state index in [9.17, 15) is 9.59 Å². The lowest BCUT2D eigenvalue weighted by molar-refractivity contribution is -0.118. The van der Waals surface area contributed by atoms with Crippen LogP contribution in [0, 0.1) is 13.8 Å². The Balaban J connectivity index is 1.60. The molecule has 0 aliphatic heterocycles. The average Bonchev–Trinajstić information content (AvgIpc) is 2.81. The molecule has 1 aromatic heterocycles. The molecule has 0 atom stereocenters. The number of ether oxygens (including phenoxy) is 4. The van der Waals surface area contributed by atoms with E-state index in [1.165, 1.54) is 13.2 Å². The predicted octanol–water partition coefficient (Wildman–Crippen LogP) is 3.58. The first kappa shape index (κ1) is 23.7.